The van der Waals surface area contributed by atoms with Gasteiger partial charge in [0.1, 0.15) is 18.4 Å². The molecule has 1 amide bonds. The molecule has 7 nitrogen and oxygen atoms in total. The second-order valence-corrected chi connectivity index (χ2v) is 7.78. The smallest absolute Gasteiger partial charge is 0.251 e. The quantitative estimate of drug-likeness (QED) is 0.606. The van der Waals surface area contributed by atoms with Crippen LogP contribution in [-0.4, -0.2) is 47.0 Å². The lowest BCUT2D eigenvalue weighted by Crippen LogP contribution is -2.44. The molecule has 1 fully saturated rings. The summed E-state index contributed by atoms with van der Waals surface area (Å²) in [5, 5.41) is 7.35. The highest BCUT2D eigenvalue weighted by molar-refractivity contribution is 5.95. The molecule has 1 aromatic heterocycles. The molecule has 3 aromatic rings. The summed E-state index contributed by atoms with van der Waals surface area (Å²) in [6.07, 6.45) is 4.87. The number of benzene rings is 2. The van der Waals surface area contributed by atoms with Crippen molar-refractivity contribution in [1.29, 1.82) is 0 Å². The van der Waals surface area contributed by atoms with Crippen LogP contribution in [0, 0.1) is 0 Å². The highest BCUT2D eigenvalue weighted by Crippen LogP contribution is 2.35. The van der Waals surface area contributed by atoms with Crippen LogP contribution in [0.2, 0.25) is 0 Å². The Morgan fingerprint density at radius 2 is 1.94 bits per heavy atom. The van der Waals surface area contributed by atoms with Crippen molar-refractivity contribution in [3.63, 3.8) is 0 Å². The SMILES string of the molecule is CCOc1ccc(C2(CNC(=O)c3ccccc3Cn3cncn3)CCOCC2)cc1. The molecule has 7 heteroatoms. The molecule has 0 aliphatic carbocycles. The molecule has 0 unspecified atom stereocenters. The molecular weight excluding hydrogens is 392 g/mol. The molecule has 1 aliphatic rings. The Bertz CT molecular complexity index is 980. The van der Waals surface area contributed by atoms with E-state index in [9.17, 15) is 4.79 Å². The van der Waals surface area contributed by atoms with Gasteiger partial charge in [-0.15, -0.1) is 0 Å². The van der Waals surface area contributed by atoms with Gasteiger partial charge >= 0.3 is 0 Å². The molecule has 4 rings (SSSR count). The second kappa shape index (κ2) is 9.75. The molecule has 1 saturated heterocycles. The number of nitrogens with one attached hydrogen (secondary N) is 1. The molecule has 2 heterocycles. The van der Waals surface area contributed by atoms with Crippen molar-refractivity contribution in [2.24, 2.45) is 0 Å². The number of amides is 1. The van der Waals surface area contributed by atoms with Crippen LogP contribution in [0.3, 0.4) is 0 Å². The van der Waals surface area contributed by atoms with Crippen LogP contribution < -0.4 is 10.1 Å². The lowest BCUT2D eigenvalue weighted by atomic mass is 9.74. The van der Waals surface area contributed by atoms with Gasteiger partial charge in [-0.2, -0.15) is 5.10 Å². The summed E-state index contributed by atoms with van der Waals surface area (Å²) in [6.45, 7) is 5.05. The molecule has 0 saturated carbocycles. The molecule has 0 radical (unpaired) electrons. The number of ether oxygens (including phenoxy) is 2. The monoisotopic (exact) mass is 420 g/mol. The summed E-state index contributed by atoms with van der Waals surface area (Å²) in [4.78, 5) is 17.1. The normalized spacial score (nSPS) is 15.4. The van der Waals surface area contributed by atoms with Gasteiger partial charge < -0.3 is 14.8 Å². The van der Waals surface area contributed by atoms with Gasteiger partial charge in [0, 0.05) is 30.7 Å². The third-order valence-electron chi connectivity index (χ3n) is 5.88. The van der Waals surface area contributed by atoms with E-state index in [2.05, 4.69) is 27.5 Å². The summed E-state index contributed by atoms with van der Waals surface area (Å²) in [5.74, 6) is 0.784. The van der Waals surface area contributed by atoms with Gasteiger partial charge in [-0.3, -0.25) is 4.79 Å². The summed E-state index contributed by atoms with van der Waals surface area (Å²) < 4.78 is 12.9. The predicted octanol–water partition coefficient (Wildman–Crippen LogP) is 3.20. The van der Waals surface area contributed by atoms with Crippen molar-refractivity contribution in [2.45, 2.75) is 31.7 Å². The first-order valence-corrected chi connectivity index (χ1v) is 10.7. The molecule has 31 heavy (non-hydrogen) atoms. The van der Waals surface area contributed by atoms with Crippen LogP contribution in [0.25, 0.3) is 0 Å². The topological polar surface area (TPSA) is 78.3 Å². The number of hydrogen-bond donors (Lipinski definition) is 1. The number of nitrogens with zero attached hydrogens (tertiary/aromatic N) is 3. The molecule has 2 aromatic carbocycles. The molecule has 162 valence electrons. The van der Waals surface area contributed by atoms with Crippen molar-refractivity contribution >= 4 is 5.91 Å². The van der Waals surface area contributed by atoms with Crippen molar-refractivity contribution in [3.8, 4) is 5.75 Å². The number of carbonyl (C=O) groups is 1. The standard InChI is InChI=1S/C24H28N4O3/c1-2-31-21-9-7-20(8-10-21)24(11-13-30-14-12-24)16-26-23(29)22-6-4-3-5-19(22)15-28-18-25-17-27-28/h3-10,17-18H,2,11-16H2,1H3,(H,26,29). The van der Waals surface area contributed by atoms with Gasteiger partial charge in [-0.05, 0) is 49.1 Å². The van der Waals surface area contributed by atoms with Crippen molar-refractivity contribution < 1.29 is 14.3 Å². The fourth-order valence-electron chi connectivity index (χ4n) is 4.11. The number of rotatable bonds is 8. The minimum Gasteiger partial charge on any atom is -0.494 e. The lowest BCUT2D eigenvalue weighted by molar-refractivity contribution is 0.0487. The van der Waals surface area contributed by atoms with Gasteiger partial charge in [-0.1, -0.05) is 30.3 Å². The first-order valence-electron chi connectivity index (χ1n) is 10.7. The maximum Gasteiger partial charge on any atom is 0.251 e. The van der Waals surface area contributed by atoms with Crippen LogP contribution in [0.4, 0.5) is 0 Å². The van der Waals surface area contributed by atoms with Crippen molar-refractivity contribution in [3.05, 3.63) is 77.9 Å². The van der Waals surface area contributed by atoms with Crippen LogP contribution in [0.15, 0.2) is 61.2 Å². The molecule has 0 atom stereocenters. The average molecular weight is 421 g/mol. The zero-order chi connectivity index (χ0) is 21.5. The Hall–Kier alpha value is -3.19. The summed E-state index contributed by atoms with van der Waals surface area (Å²) in [6, 6.07) is 15.9. The van der Waals surface area contributed by atoms with Crippen molar-refractivity contribution in [2.75, 3.05) is 26.4 Å². The maximum absolute atomic E-state index is 13.1. The molecule has 1 N–H and O–H groups in total. The first-order chi connectivity index (χ1) is 15.2. The molecular formula is C24H28N4O3. The first kappa shape index (κ1) is 21.1. The highest BCUT2D eigenvalue weighted by atomic mass is 16.5. The van der Waals surface area contributed by atoms with Gasteiger partial charge in [0.2, 0.25) is 0 Å². The van der Waals surface area contributed by atoms with E-state index in [0.717, 1.165) is 24.2 Å². The minimum atomic E-state index is -0.153. The van der Waals surface area contributed by atoms with Crippen LogP contribution in [0.5, 0.6) is 5.75 Å². The van der Waals surface area contributed by atoms with Crippen molar-refractivity contribution in [1.82, 2.24) is 20.1 Å². The molecule has 0 bridgehead atoms. The van der Waals surface area contributed by atoms with E-state index >= 15 is 0 Å². The fourth-order valence-corrected chi connectivity index (χ4v) is 4.11. The summed E-state index contributed by atoms with van der Waals surface area (Å²) in [7, 11) is 0. The van der Waals surface area contributed by atoms with E-state index in [0.29, 0.717) is 38.5 Å². The van der Waals surface area contributed by atoms with Gasteiger partial charge in [-0.25, -0.2) is 9.67 Å². The van der Waals surface area contributed by atoms with E-state index < -0.39 is 0 Å². The van der Waals surface area contributed by atoms with Crippen LogP contribution >= 0.6 is 0 Å². The van der Waals surface area contributed by atoms with E-state index in [1.165, 1.54) is 11.9 Å². The third-order valence-corrected chi connectivity index (χ3v) is 5.88. The van der Waals surface area contributed by atoms with E-state index in [-0.39, 0.29) is 11.3 Å². The Kier molecular flexibility index (Phi) is 6.62. The predicted molar refractivity (Wildman–Crippen MR) is 117 cm³/mol. The van der Waals surface area contributed by atoms with Gasteiger partial charge in [0.05, 0.1) is 13.2 Å². The van der Waals surface area contributed by atoms with E-state index in [4.69, 9.17) is 9.47 Å². The summed E-state index contributed by atoms with van der Waals surface area (Å²) >= 11 is 0. The van der Waals surface area contributed by atoms with Gasteiger partial charge in [0.15, 0.2) is 0 Å². The lowest BCUT2D eigenvalue weighted by Gasteiger charge is -2.38. The van der Waals surface area contributed by atoms with Crippen LogP contribution in [-0.2, 0) is 16.7 Å². The average Bonchev–Trinajstić information content (AvgIpc) is 3.32. The van der Waals surface area contributed by atoms with Gasteiger partial charge in [0.25, 0.3) is 5.91 Å². The maximum atomic E-state index is 13.1. The molecule has 0 spiro atoms. The summed E-state index contributed by atoms with van der Waals surface area (Å²) in [5.41, 5.74) is 2.62. The van der Waals surface area contributed by atoms with E-state index in [1.54, 1.807) is 11.0 Å². The zero-order valence-electron chi connectivity index (χ0n) is 17.8. The highest BCUT2D eigenvalue weighted by Gasteiger charge is 2.35. The number of carbonyl (C=O) groups excluding carboxylic acids is 1. The fraction of sp³-hybridized carbons (Fsp3) is 0.375. The molecule has 1 aliphatic heterocycles. The third kappa shape index (κ3) is 4.94. The Balaban J connectivity index is 1.51. The van der Waals surface area contributed by atoms with E-state index in [1.807, 2.05) is 43.3 Å². The number of aromatic nitrogens is 3. The minimum absolute atomic E-state index is 0.0764. The number of hydrogen-bond acceptors (Lipinski definition) is 5. The Morgan fingerprint density at radius 1 is 1.16 bits per heavy atom. The zero-order valence-corrected chi connectivity index (χ0v) is 17.8. The Labute approximate surface area is 182 Å². The van der Waals surface area contributed by atoms with Crippen LogP contribution in [0.1, 0.15) is 41.3 Å². The largest absolute Gasteiger partial charge is 0.494 e. The second-order valence-electron chi connectivity index (χ2n) is 7.78. The Morgan fingerprint density at radius 3 is 2.65 bits per heavy atom.